The van der Waals surface area contributed by atoms with Crippen LogP contribution in [0.15, 0.2) is 28.7 Å². The number of carboxylic acid groups (broad SMARTS) is 1. The van der Waals surface area contributed by atoms with Crippen molar-refractivity contribution < 1.29 is 24.2 Å². The molecule has 0 unspecified atom stereocenters. The SMILES string of the molecule is CC(C)(C)OC(=O)N[C@@H](CC(=O)C(=O)O)c1ccc(Br)cc1. The molecule has 0 aromatic heterocycles. The van der Waals surface area contributed by atoms with Crippen molar-refractivity contribution in [3.8, 4) is 0 Å². The molecule has 0 heterocycles. The van der Waals surface area contributed by atoms with Crippen molar-refractivity contribution >= 4 is 33.8 Å². The van der Waals surface area contributed by atoms with Crippen LogP contribution in [0.5, 0.6) is 0 Å². The number of hydrogen-bond acceptors (Lipinski definition) is 4. The first-order valence-corrected chi connectivity index (χ1v) is 7.39. The fourth-order valence-electron chi connectivity index (χ4n) is 1.67. The lowest BCUT2D eigenvalue weighted by molar-refractivity contribution is -0.149. The van der Waals surface area contributed by atoms with Gasteiger partial charge in [-0.15, -0.1) is 0 Å². The number of carboxylic acids is 1. The molecule has 0 aliphatic heterocycles. The maximum Gasteiger partial charge on any atom is 0.408 e. The number of carbonyl (C=O) groups excluding carboxylic acids is 2. The summed E-state index contributed by atoms with van der Waals surface area (Å²) in [6.45, 7) is 5.14. The molecule has 1 amide bonds. The fourth-order valence-corrected chi connectivity index (χ4v) is 1.93. The molecule has 0 bridgehead atoms. The van der Waals surface area contributed by atoms with Crippen molar-refractivity contribution in [2.24, 2.45) is 0 Å². The van der Waals surface area contributed by atoms with E-state index in [1.54, 1.807) is 45.0 Å². The second-order valence-electron chi connectivity index (χ2n) is 5.68. The van der Waals surface area contributed by atoms with Crippen molar-refractivity contribution in [3.63, 3.8) is 0 Å². The molecule has 7 heteroatoms. The van der Waals surface area contributed by atoms with Crippen molar-refractivity contribution in [2.45, 2.75) is 38.8 Å². The molecule has 1 atom stereocenters. The summed E-state index contributed by atoms with van der Waals surface area (Å²) >= 11 is 3.29. The second-order valence-corrected chi connectivity index (χ2v) is 6.60. The summed E-state index contributed by atoms with van der Waals surface area (Å²) < 4.78 is 5.97. The fraction of sp³-hybridized carbons (Fsp3) is 0.400. The number of rotatable bonds is 5. The highest BCUT2D eigenvalue weighted by molar-refractivity contribution is 9.10. The van der Waals surface area contributed by atoms with Gasteiger partial charge in [0.2, 0.25) is 5.78 Å². The summed E-state index contributed by atoms with van der Waals surface area (Å²) in [5, 5.41) is 11.3. The Morgan fingerprint density at radius 2 is 1.77 bits per heavy atom. The topological polar surface area (TPSA) is 92.7 Å². The van der Waals surface area contributed by atoms with Crippen molar-refractivity contribution in [1.82, 2.24) is 5.32 Å². The van der Waals surface area contributed by atoms with Crippen molar-refractivity contribution in [3.05, 3.63) is 34.3 Å². The van der Waals surface area contributed by atoms with Crippen molar-refractivity contribution in [2.75, 3.05) is 0 Å². The number of carbonyl (C=O) groups is 3. The molecular formula is C15H18BrNO5. The Bertz CT molecular complexity index is 562. The number of nitrogens with one attached hydrogen (secondary N) is 1. The molecule has 0 aliphatic rings. The van der Waals surface area contributed by atoms with Crippen LogP contribution < -0.4 is 5.32 Å². The summed E-state index contributed by atoms with van der Waals surface area (Å²) in [7, 11) is 0. The second kappa shape index (κ2) is 7.40. The molecule has 1 aromatic carbocycles. The summed E-state index contributed by atoms with van der Waals surface area (Å²) in [5.41, 5.74) is -0.0748. The third-order valence-electron chi connectivity index (χ3n) is 2.59. The highest BCUT2D eigenvalue weighted by Crippen LogP contribution is 2.21. The molecule has 0 spiro atoms. The van der Waals surface area contributed by atoms with E-state index in [1.165, 1.54) is 0 Å². The first-order chi connectivity index (χ1) is 10.1. The van der Waals surface area contributed by atoms with Crippen LogP contribution in [0.3, 0.4) is 0 Å². The maximum absolute atomic E-state index is 11.9. The minimum Gasteiger partial charge on any atom is -0.475 e. The molecule has 6 nitrogen and oxygen atoms in total. The lowest BCUT2D eigenvalue weighted by Crippen LogP contribution is -2.36. The van der Waals surface area contributed by atoms with E-state index < -0.39 is 29.5 Å². The van der Waals surface area contributed by atoms with Gasteiger partial charge in [-0.25, -0.2) is 9.59 Å². The van der Waals surface area contributed by atoms with Crippen molar-refractivity contribution in [1.29, 1.82) is 0 Å². The summed E-state index contributed by atoms with van der Waals surface area (Å²) in [6.07, 6.45) is -1.06. The molecule has 1 aromatic rings. The number of aliphatic carboxylic acids is 1. The number of amides is 1. The largest absolute Gasteiger partial charge is 0.475 e. The number of halogens is 1. The van der Waals surface area contributed by atoms with Gasteiger partial charge in [0.1, 0.15) is 5.60 Å². The van der Waals surface area contributed by atoms with E-state index in [1.807, 2.05) is 0 Å². The van der Waals surface area contributed by atoms with Crippen LogP contribution in [0.1, 0.15) is 38.8 Å². The lowest BCUT2D eigenvalue weighted by atomic mass is 10.0. The lowest BCUT2D eigenvalue weighted by Gasteiger charge is -2.23. The van der Waals surface area contributed by atoms with E-state index in [4.69, 9.17) is 9.84 Å². The molecule has 120 valence electrons. The van der Waals surface area contributed by atoms with E-state index in [9.17, 15) is 14.4 Å². The first-order valence-electron chi connectivity index (χ1n) is 6.59. The predicted octanol–water partition coefficient (Wildman–Crippen LogP) is 3.06. The molecular weight excluding hydrogens is 354 g/mol. The van der Waals surface area contributed by atoms with E-state index >= 15 is 0 Å². The standard InChI is InChI=1S/C15H18BrNO5/c1-15(2,3)22-14(21)17-11(8-12(18)13(19)20)9-4-6-10(16)7-5-9/h4-7,11H,8H2,1-3H3,(H,17,21)(H,19,20)/t11-/m0/s1. The van der Waals surface area contributed by atoms with Crippen LogP contribution in [0.25, 0.3) is 0 Å². The zero-order chi connectivity index (χ0) is 16.9. The molecule has 2 N–H and O–H groups in total. The quantitative estimate of drug-likeness (QED) is 0.775. The third kappa shape index (κ3) is 6.26. The van der Waals surface area contributed by atoms with E-state index in [2.05, 4.69) is 21.2 Å². The Morgan fingerprint density at radius 1 is 1.23 bits per heavy atom. The minimum atomic E-state index is -1.53. The molecule has 22 heavy (non-hydrogen) atoms. The average molecular weight is 372 g/mol. The molecule has 0 saturated heterocycles. The number of benzene rings is 1. The van der Waals surface area contributed by atoms with Crippen LogP contribution in [-0.2, 0) is 14.3 Å². The third-order valence-corrected chi connectivity index (χ3v) is 3.12. The van der Waals surface area contributed by atoms with E-state index in [-0.39, 0.29) is 6.42 Å². The highest BCUT2D eigenvalue weighted by Gasteiger charge is 2.24. The normalized spacial score (nSPS) is 12.4. The highest BCUT2D eigenvalue weighted by atomic mass is 79.9. The number of Topliss-reactive ketones (excluding diaryl/α,β-unsaturated/α-hetero) is 1. The minimum absolute atomic E-state index is 0.351. The van der Waals surface area contributed by atoms with Gasteiger partial charge in [0, 0.05) is 10.9 Å². The van der Waals surface area contributed by atoms with Gasteiger partial charge in [-0.3, -0.25) is 4.79 Å². The first kappa shape index (κ1) is 18.2. The predicted molar refractivity (Wildman–Crippen MR) is 83.5 cm³/mol. The monoisotopic (exact) mass is 371 g/mol. The number of ether oxygens (including phenoxy) is 1. The van der Waals surface area contributed by atoms with Crippen LogP contribution >= 0.6 is 15.9 Å². The summed E-state index contributed by atoms with van der Waals surface area (Å²) in [5.74, 6) is -2.52. The van der Waals surface area contributed by atoms with Gasteiger partial charge in [-0.05, 0) is 38.5 Å². The van der Waals surface area contributed by atoms with Crippen LogP contribution in [0.4, 0.5) is 4.79 Å². The average Bonchev–Trinajstić information content (AvgIpc) is 2.36. The Hall–Kier alpha value is -1.89. The van der Waals surface area contributed by atoms with Crippen LogP contribution in [-0.4, -0.2) is 28.6 Å². The van der Waals surface area contributed by atoms with Gasteiger partial charge in [-0.2, -0.15) is 0 Å². The van der Waals surface area contributed by atoms with Gasteiger partial charge >= 0.3 is 12.1 Å². The Kier molecular flexibility index (Phi) is 6.11. The molecule has 0 aliphatic carbocycles. The number of ketones is 1. The molecule has 0 saturated carbocycles. The van der Waals surface area contributed by atoms with Gasteiger partial charge < -0.3 is 15.2 Å². The molecule has 1 rings (SSSR count). The maximum atomic E-state index is 11.9. The van der Waals surface area contributed by atoms with Gasteiger partial charge in [0.15, 0.2) is 0 Å². The number of alkyl carbamates (subject to hydrolysis) is 1. The van der Waals surface area contributed by atoms with Crippen LogP contribution in [0, 0.1) is 0 Å². The Balaban J connectivity index is 2.91. The summed E-state index contributed by atoms with van der Waals surface area (Å²) in [4.78, 5) is 34.1. The van der Waals surface area contributed by atoms with E-state index in [0.717, 1.165) is 4.47 Å². The molecule has 0 fully saturated rings. The zero-order valence-electron chi connectivity index (χ0n) is 12.6. The van der Waals surface area contributed by atoms with Crippen LogP contribution in [0.2, 0.25) is 0 Å². The summed E-state index contributed by atoms with van der Waals surface area (Å²) in [6, 6.07) is 6.10. The Labute approximate surface area is 137 Å². The zero-order valence-corrected chi connectivity index (χ0v) is 14.1. The van der Waals surface area contributed by atoms with Gasteiger partial charge in [0.25, 0.3) is 0 Å². The van der Waals surface area contributed by atoms with Gasteiger partial charge in [0.05, 0.1) is 6.04 Å². The Morgan fingerprint density at radius 3 is 2.23 bits per heavy atom. The molecule has 0 radical (unpaired) electrons. The van der Waals surface area contributed by atoms with Gasteiger partial charge in [-0.1, -0.05) is 28.1 Å². The van der Waals surface area contributed by atoms with E-state index in [0.29, 0.717) is 5.56 Å². The number of hydrogen-bond donors (Lipinski definition) is 2. The smallest absolute Gasteiger partial charge is 0.408 e.